The monoisotopic (exact) mass is 303 g/mol. The van der Waals surface area contributed by atoms with Gasteiger partial charge in [0.1, 0.15) is 0 Å². The molecule has 1 aliphatic rings. The van der Waals surface area contributed by atoms with Crippen molar-refractivity contribution in [2.24, 2.45) is 0 Å². The summed E-state index contributed by atoms with van der Waals surface area (Å²) in [6, 6.07) is -0.254. The van der Waals surface area contributed by atoms with Crippen molar-refractivity contribution in [2.45, 2.75) is 32.0 Å². The molecule has 8 nitrogen and oxygen atoms in total. The van der Waals surface area contributed by atoms with Crippen molar-refractivity contribution in [1.82, 2.24) is 15.1 Å². The van der Waals surface area contributed by atoms with Crippen molar-refractivity contribution in [3.05, 3.63) is 0 Å². The zero-order valence-electron chi connectivity index (χ0n) is 12.6. The minimum Gasteiger partial charge on any atom is -0.479 e. The number of carboxylic acids is 1. The lowest BCUT2D eigenvalue weighted by Crippen LogP contribution is -2.54. The maximum Gasteiger partial charge on any atom is 0.332 e. The number of β-amino-alcohol motifs (C(OH)–C–C–N with tert-alkyl or cyclic N) is 1. The molecule has 1 atom stereocenters. The van der Waals surface area contributed by atoms with Crippen LogP contribution in [0.25, 0.3) is 0 Å². The first-order valence-electron chi connectivity index (χ1n) is 7.07. The molecule has 1 heterocycles. The van der Waals surface area contributed by atoms with Crippen LogP contribution in [0.5, 0.6) is 0 Å². The third-order valence-electron chi connectivity index (χ3n) is 3.25. The first-order valence-corrected chi connectivity index (χ1v) is 7.07. The smallest absolute Gasteiger partial charge is 0.332 e. The van der Waals surface area contributed by atoms with Crippen LogP contribution < -0.4 is 5.32 Å². The van der Waals surface area contributed by atoms with E-state index in [0.29, 0.717) is 32.7 Å². The number of urea groups is 1. The summed E-state index contributed by atoms with van der Waals surface area (Å²) in [4.78, 5) is 26.0. The maximum absolute atomic E-state index is 11.9. The standard InChI is InChI=1S/C13H25N3O5/c1-13(2,21)9-15-5-7-16(8-6-15)12(20)14-4-3-10(17)11(18)19/h10,17,21H,3-9H2,1-2H3,(H,14,20)(H,18,19)/t10-/m0/s1. The van der Waals surface area contributed by atoms with Gasteiger partial charge < -0.3 is 25.5 Å². The van der Waals surface area contributed by atoms with Gasteiger partial charge in [-0.3, -0.25) is 4.90 Å². The number of nitrogens with zero attached hydrogens (tertiary/aromatic N) is 2. The molecule has 0 bridgehead atoms. The van der Waals surface area contributed by atoms with Gasteiger partial charge in [0, 0.05) is 45.7 Å². The molecule has 122 valence electrons. The van der Waals surface area contributed by atoms with Gasteiger partial charge in [-0.15, -0.1) is 0 Å². The number of amides is 2. The van der Waals surface area contributed by atoms with Crippen molar-refractivity contribution < 1.29 is 24.9 Å². The fourth-order valence-corrected chi connectivity index (χ4v) is 2.21. The normalized spacial score (nSPS) is 18.4. The molecule has 0 spiro atoms. The van der Waals surface area contributed by atoms with Crippen LogP contribution in [-0.4, -0.2) is 88.1 Å². The lowest BCUT2D eigenvalue weighted by Gasteiger charge is -2.37. The average Bonchev–Trinajstić information content (AvgIpc) is 2.37. The van der Waals surface area contributed by atoms with Gasteiger partial charge in [-0.05, 0) is 13.8 Å². The van der Waals surface area contributed by atoms with Crippen molar-refractivity contribution >= 4 is 12.0 Å². The van der Waals surface area contributed by atoms with Crippen LogP contribution >= 0.6 is 0 Å². The lowest BCUT2D eigenvalue weighted by molar-refractivity contribution is -0.146. The molecule has 4 N–H and O–H groups in total. The number of carboxylic acid groups (broad SMARTS) is 1. The van der Waals surface area contributed by atoms with Crippen LogP contribution in [0.1, 0.15) is 20.3 Å². The molecule has 1 rings (SSSR count). The molecule has 0 radical (unpaired) electrons. The van der Waals surface area contributed by atoms with E-state index < -0.39 is 17.7 Å². The van der Waals surface area contributed by atoms with Gasteiger partial charge in [0.15, 0.2) is 6.10 Å². The molecule has 1 aliphatic heterocycles. The highest BCUT2D eigenvalue weighted by Gasteiger charge is 2.25. The van der Waals surface area contributed by atoms with E-state index in [-0.39, 0.29) is 19.0 Å². The average molecular weight is 303 g/mol. The summed E-state index contributed by atoms with van der Waals surface area (Å²) < 4.78 is 0. The predicted molar refractivity (Wildman–Crippen MR) is 76.0 cm³/mol. The Bertz CT molecular complexity index is 361. The van der Waals surface area contributed by atoms with E-state index >= 15 is 0 Å². The molecule has 0 aromatic carbocycles. The molecule has 0 aliphatic carbocycles. The van der Waals surface area contributed by atoms with Crippen LogP contribution in [0.3, 0.4) is 0 Å². The van der Waals surface area contributed by atoms with Crippen LogP contribution in [0.15, 0.2) is 0 Å². The zero-order valence-corrected chi connectivity index (χ0v) is 12.6. The van der Waals surface area contributed by atoms with Crippen LogP contribution in [0.4, 0.5) is 4.79 Å². The summed E-state index contributed by atoms with van der Waals surface area (Å²) >= 11 is 0. The Labute approximate surface area is 124 Å². The molecule has 0 saturated carbocycles. The van der Waals surface area contributed by atoms with Crippen molar-refractivity contribution in [3.8, 4) is 0 Å². The second kappa shape index (κ2) is 7.58. The molecule has 1 fully saturated rings. The van der Waals surface area contributed by atoms with E-state index in [0.717, 1.165) is 0 Å². The highest BCUT2D eigenvalue weighted by atomic mass is 16.4. The Morgan fingerprint density at radius 3 is 2.29 bits per heavy atom. The predicted octanol–water partition coefficient (Wildman–Crippen LogP) is -1.08. The number of hydrogen-bond donors (Lipinski definition) is 4. The van der Waals surface area contributed by atoms with Gasteiger partial charge in [-0.1, -0.05) is 0 Å². The fraction of sp³-hybridized carbons (Fsp3) is 0.846. The van der Waals surface area contributed by atoms with E-state index in [9.17, 15) is 14.7 Å². The summed E-state index contributed by atoms with van der Waals surface area (Å²) in [6.07, 6.45) is -1.46. The Hall–Kier alpha value is -1.38. The van der Waals surface area contributed by atoms with Gasteiger partial charge in [0.05, 0.1) is 5.60 Å². The minimum absolute atomic E-state index is 0.0141. The largest absolute Gasteiger partial charge is 0.479 e. The number of nitrogens with one attached hydrogen (secondary N) is 1. The number of hydrogen-bond acceptors (Lipinski definition) is 5. The quantitative estimate of drug-likeness (QED) is 0.496. The van der Waals surface area contributed by atoms with E-state index in [4.69, 9.17) is 10.2 Å². The topological polar surface area (TPSA) is 113 Å². The fourth-order valence-electron chi connectivity index (χ4n) is 2.21. The number of piperazine rings is 1. The summed E-state index contributed by atoms with van der Waals surface area (Å²) in [7, 11) is 0. The van der Waals surface area contributed by atoms with Crippen LogP contribution in [-0.2, 0) is 4.79 Å². The number of aliphatic hydroxyl groups is 2. The number of rotatable bonds is 6. The summed E-state index contributed by atoms with van der Waals surface area (Å²) in [5, 5.41) is 30.0. The lowest BCUT2D eigenvalue weighted by atomic mass is 10.1. The third kappa shape index (κ3) is 6.74. The van der Waals surface area contributed by atoms with Crippen molar-refractivity contribution in [3.63, 3.8) is 0 Å². The minimum atomic E-state index is -1.45. The number of carbonyl (C=O) groups excluding carboxylic acids is 1. The molecule has 0 unspecified atom stereocenters. The Morgan fingerprint density at radius 1 is 1.24 bits per heavy atom. The van der Waals surface area contributed by atoms with Crippen molar-refractivity contribution in [1.29, 1.82) is 0 Å². The van der Waals surface area contributed by atoms with Gasteiger partial charge >= 0.3 is 12.0 Å². The SMILES string of the molecule is CC(C)(O)CN1CCN(C(=O)NCC[C@H](O)C(=O)O)CC1. The third-order valence-corrected chi connectivity index (χ3v) is 3.25. The van der Waals surface area contributed by atoms with Gasteiger partial charge in [0.25, 0.3) is 0 Å². The molecule has 0 aromatic heterocycles. The molecule has 21 heavy (non-hydrogen) atoms. The summed E-state index contributed by atoms with van der Waals surface area (Å²) in [5.74, 6) is -1.29. The summed E-state index contributed by atoms with van der Waals surface area (Å²) in [5.41, 5.74) is -0.753. The Balaban J connectivity index is 2.24. The molecule has 8 heteroatoms. The van der Waals surface area contributed by atoms with Gasteiger partial charge in [0.2, 0.25) is 0 Å². The van der Waals surface area contributed by atoms with E-state index in [2.05, 4.69) is 10.2 Å². The number of aliphatic carboxylic acids is 1. The van der Waals surface area contributed by atoms with E-state index in [1.807, 2.05) is 0 Å². The van der Waals surface area contributed by atoms with E-state index in [1.54, 1.807) is 18.7 Å². The second-order valence-corrected chi connectivity index (χ2v) is 5.95. The van der Waals surface area contributed by atoms with Gasteiger partial charge in [-0.2, -0.15) is 0 Å². The van der Waals surface area contributed by atoms with E-state index in [1.165, 1.54) is 0 Å². The maximum atomic E-state index is 11.9. The molecule has 0 aromatic rings. The molecule has 2 amide bonds. The zero-order chi connectivity index (χ0) is 16.0. The Kier molecular flexibility index (Phi) is 6.38. The molecular weight excluding hydrogens is 278 g/mol. The van der Waals surface area contributed by atoms with Gasteiger partial charge in [-0.25, -0.2) is 9.59 Å². The number of aliphatic hydroxyl groups excluding tert-OH is 1. The van der Waals surface area contributed by atoms with Crippen LogP contribution in [0, 0.1) is 0 Å². The molecular formula is C13H25N3O5. The second-order valence-electron chi connectivity index (χ2n) is 5.95. The highest BCUT2D eigenvalue weighted by Crippen LogP contribution is 2.08. The van der Waals surface area contributed by atoms with Crippen LogP contribution in [0.2, 0.25) is 0 Å². The number of carbonyl (C=O) groups is 2. The first kappa shape index (κ1) is 17.7. The first-order chi connectivity index (χ1) is 9.69. The summed E-state index contributed by atoms with van der Waals surface area (Å²) in [6.45, 7) is 6.68. The highest BCUT2D eigenvalue weighted by molar-refractivity contribution is 5.74. The van der Waals surface area contributed by atoms with Crippen molar-refractivity contribution in [2.75, 3.05) is 39.3 Å². The molecule has 1 saturated heterocycles. The Morgan fingerprint density at radius 2 is 1.81 bits per heavy atom.